The van der Waals surface area contributed by atoms with Crippen LogP contribution in [0.1, 0.15) is 23.9 Å². The molecule has 1 atom stereocenters. The van der Waals surface area contributed by atoms with Crippen molar-refractivity contribution < 1.29 is 4.79 Å². The largest absolute Gasteiger partial charge is 0.350 e. The smallest absolute Gasteiger partial charge is 0.254 e. The molecule has 0 spiro atoms. The Morgan fingerprint density at radius 2 is 2.36 bits per heavy atom. The van der Waals surface area contributed by atoms with Gasteiger partial charge in [0.05, 0.1) is 18.3 Å². The minimum absolute atomic E-state index is 0.0865. The lowest BCUT2D eigenvalue weighted by Crippen LogP contribution is -2.30. The summed E-state index contributed by atoms with van der Waals surface area (Å²) >= 11 is 1.52. The zero-order chi connectivity index (χ0) is 15.5. The highest BCUT2D eigenvalue weighted by Gasteiger charge is 2.27. The number of nitrogens with one attached hydrogen (secondary N) is 1. The number of aromatic nitrogens is 3. The molecule has 1 aliphatic heterocycles. The summed E-state index contributed by atoms with van der Waals surface area (Å²) in [6, 6.07) is 6.95. The molecule has 0 saturated carbocycles. The molecule has 22 heavy (non-hydrogen) atoms. The fourth-order valence-corrected chi connectivity index (χ4v) is 3.59. The molecule has 0 aliphatic carbocycles. The maximum absolute atomic E-state index is 12.1. The van der Waals surface area contributed by atoms with Crippen molar-refractivity contribution in [1.82, 2.24) is 19.9 Å². The summed E-state index contributed by atoms with van der Waals surface area (Å²) in [5, 5.41) is 3.54. The molecule has 0 bridgehead atoms. The minimum atomic E-state index is -0.135. The Labute approximate surface area is 132 Å². The van der Waals surface area contributed by atoms with E-state index in [2.05, 4.69) is 15.3 Å². The molecule has 0 fully saturated rings. The molecule has 1 amide bonds. The van der Waals surface area contributed by atoms with Gasteiger partial charge in [-0.1, -0.05) is 17.8 Å². The Hall–Kier alpha value is -2.15. The summed E-state index contributed by atoms with van der Waals surface area (Å²) in [7, 11) is 0. The predicted octanol–water partition coefficient (Wildman–Crippen LogP) is 1.30. The molecule has 2 aromatic rings. The average molecular weight is 316 g/mol. The van der Waals surface area contributed by atoms with E-state index in [-0.39, 0.29) is 23.9 Å². The van der Waals surface area contributed by atoms with Gasteiger partial charge in [0.15, 0.2) is 5.16 Å². The molecule has 114 valence electrons. The second kappa shape index (κ2) is 6.31. The van der Waals surface area contributed by atoms with Crippen LogP contribution in [0.25, 0.3) is 0 Å². The van der Waals surface area contributed by atoms with Crippen LogP contribution in [0.3, 0.4) is 0 Å². The van der Waals surface area contributed by atoms with E-state index >= 15 is 0 Å². The topological polar surface area (TPSA) is 76.9 Å². The molecule has 0 saturated heterocycles. The Bertz CT molecular complexity index is 745. The Morgan fingerprint density at radius 1 is 1.50 bits per heavy atom. The number of aryl methyl sites for hydroxylation is 1. The lowest BCUT2D eigenvalue weighted by atomic mass is 10.2. The molecule has 1 N–H and O–H groups in total. The van der Waals surface area contributed by atoms with Crippen LogP contribution in [0.5, 0.6) is 0 Å². The highest BCUT2D eigenvalue weighted by atomic mass is 32.2. The highest BCUT2D eigenvalue weighted by molar-refractivity contribution is 7.99. The van der Waals surface area contributed by atoms with Crippen LogP contribution >= 0.6 is 11.8 Å². The maximum atomic E-state index is 12.1. The van der Waals surface area contributed by atoms with E-state index in [1.165, 1.54) is 17.8 Å². The van der Waals surface area contributed by atoms with Crippen molar-refractivity contribution >= 4 is 17.7 Å². The van der Waals surface area contributed by atoms with Crippen molar-refractivity contribution in [1.29, 1.82) is 0 Å². The second-order valence-corrected chi connectivity index (χ2v) is 6.14. The van der Waals surface area contributed by atoms with Gasteiger partial charge in [-0.05, 0) is 19.1 Å². The average Bonchev–Trinajstić information content (AvgIpc) is 2.89. The van der Waals surface area contributed by atoms with Gasteiger partial charge in [0, 0.05) is 30.1 Å². The highest BCUT2D eigenvalue weighted by Crippen LogP contribution is 2.31. The van der Waals surface area contributed by atoms with Gasteiger partial charge in [0.25, 0.3) is 5.56 Å². The van der Waals surface area contributed by atoms with Crippen molar-refractivity contribution in [3.05, 3.63) is 52.2 Å². The molecule has 3 heterocycles. The van der Waals surface area contributed by atoms with E-state index in [4.69, 9.17) is 0 Å². The van der Waals surface area contributed by atoms with E-state index in [0.29, 0.717) is 23.1 Å². The maximum Gasteiger partial charge on any atom is 0.254 e. The SMILES string of the molecule is Cc1cc(=O)n2c(n1)SC[C@H]2CC(=O)NCc1ccccn1. The van der Waals surface area contributed by atoms with Crippen LogP contribution in [-0.2, 0) is 11.3 Å². The van der Waals surface area contributed by atoms with Crippen LogP contribution in [0.15, 0.2) is 40.4 Å². The number of hydrogen-bond donors (Lipinski definition) is 1. The van der Waals surface area contributed by atoms with Gasteiger partial charge < -0.3 is 5.32 Å². The van der Waals surface area contributed by atoms with Crippen molar-refractivity contribution in [2.75, 3.05) is 5.75 Å². The first-order chi connectivity index (χ1) is 10.6. The van der Waals surface area contributed by atoms with E-state index in [1.54, 1.807) is 17.7 Å². The quantitative estimate of drug-likeness (QED) is 0.860. The standard InChI is InChI=1S/C15H16N4O2S/c1-10-6-14(21)19-12(9-22-15(19)18-10)7-13(20)17-8-11-4-2-3-5-16-11/h2-6,12H,7-9H2,1H3,(H,17,20)/t12-/m1/s1. The first-order valence-electron chi connectivity index (χ1n) is 7.03. The van der Waals surface area contributed by atoms with Crippen molar-refractivity contribution in [3.63, 3.8) is 0 Å². The Kier molecular flexibility index (Phi) is 4.24. The normalized spacial score (nSPS) is 16.3. The van der Waals surface area contributed by atoms with Crippen molar-refractivity contribution in [2.45, 2.75) is 31.1 Å². The van der Waals surface area contributed by atoms with Gasteiger partial charge in [-0.2, -0.15) is 0 Å². The van der Waals surface area contributed by atoms with Gasteiger partial charge in [-0.15, -0.1) is 0 Å². The van der Waals surface area contributed by atoms with Gasteiger partial charge in [0.2, 0.25) is 5.91 Å². The first kappa shape index (κ1) is 14.8. The fraction of sp³-hybridized carbons (Fsp3) is 0.333. The van der Waals surface area contributed by atoms with Gasteiger partial charge >= 0.3 is 0 Å². The number of pyridine rings is 1. The molecule has 7 heteroatoms. The molecule has 1 aliphatic rings. The number of amides is 1. The molecular weight excluding hydrogens is 300 g/mol. The number of carbonyl (C=O) groups is 1. The Morgan fingerprint density at radius 3 is 3.14 bits per heavy atom. The molecular formula is C15H16N4O2S. The molecule has 3 rings (SSSR count). The van der Waals surface area contributed by atoms with Crippen LogP contribution in [0.4, 0.5) is 0 Å². The molecule has 2 aromatic heterocycles. The van der Waals surface area contributed by atoms with Crippen LogP contribution in [0, 0.1) is 6.92 Å². The lowest BCUT2D eigenvalue weighted by Gasteiger charge is -2.13. The minimum Gasteiger partial charge on any atom is -0.350 e. The number of thioether (sulfide) groups is 1. The summed E-state index contributed by atoms with van der Waals surface area (Å²) in [4.78, 5) is 32.7. The van der Waals surface area contributed by atoms with Crippen molar-refractivity contribution in [2.24, 2.45) is 0 Å². The van der Waals surface area contributed by atoms with Crippen LogP contribution in [0.2, 0.25) is 0 Å². The number of hydrogen-bond acceptors (Lipinski definition) is 5. The third-order valence-electron chi connectivity index (χ3n) is 3.43. The summed E-state index contributed by atoms with van der Waals surface area (Å²) in [6.07, 6.45) is 1.97. The molecule has 6 nitrogen and oxygen atoms in total. The summed E-state index contributed by atoms with van der Waals surface area (Å²) in [6.45, 7) is 2.20. The summed E-state index contributed by atoms with van der Waals surface area (Å²) in [5.41, 5.74) is 1.44. The molecule has 0 radical (unpaired) electrons. The zero-order valence-corrected chi connectivity index (χ0v) is 13.0. The van der Waals surface area contributed by atoms with E-state index in [0.717, 1.165) is 5.69 Å². The lowest BCUT2D eigenvalue weighted by molar-refractivity contribution is -0.121. The first-order valence-corrected chi connectivity index (χ1v) is 8.01. The summed E-state index contributed by atoms with van der Waals surface area (Å²) < 4.78 is 1.62. The molecule has 0 unspecified atom stereocenters. The predicted molar refractivity (Wildman–Crippen MR) is 83.7 cm³/mol. The monoisotopic (exact) mass is 316 g/mol. The third kappa shape index (κ3) is 3.19. The van der Waals surface area contributed by atoms with Crippen LogP contribution < -0.4 is 10.9 Å². The van der Waals surface area contributed by atoms with Gasteiger partial charge in [-0.25, -0.2) is 4.98 Å². The fourth-order valence-electron chi connectivity index (χ4n) is 2.39. The Balaban J connectivity index is 1.64. The third-order valence-corrected chi connectivity index (χ3v) is 4.53. The van der Waals surface area contributed by atoms with Gasteiger partial charge in [-0.3, -0.25) is 19.1 Å². The van der Waals surface area contributed by atoms with E-state index < -0.39 is 0 Å². The summed E-state index contributed by atoms with van der Waals surface area (Å²) in [5.74, 6) is 0.611. The van der Waals surface area contributed by atoms with E-state index in [1.807, 2.05) is 18.2 Å². The van der Waals surface area contributed by atoms with Gasteiger partial charge in [0.1, 0.15) is 0 Å². The van der Waals surface area contributed by atoms with Crippen molar-refractivity contribution in [3.8, 4) is 0 Å². The number of carbonyl (C=O) groups excluding carboxylic acids is 1. The van der Waals surface area contributed by atoms with E-state index in [9.17, 15) is 9.59 Å². The number of fused-ring (bicyclic) bond motifs is 1. The second-order valence-electron chi connectivity index (χ2n) is 5.16. The molecule has 0 aromatic carbocycles. The number of rotatable bonds is 4. The number of nitrogens with zero attached hydrogens (tertiary/aromatic N) is 3. The van der Waals surface area contributed by atoms with Crippen LogP contribution in [-0.4, -0.2) is 26.2 Å². The zero-order valence-electron chi connectivity index (χ0n) is 12.2.